The zero-order chi connectivity index (χ0) is 12.0. The lowest BCUT2D eigenvalue weighted by Crippen LogP contribution is -2.17. The molecule has 2 nitrogen and oxygen atoms in total. The molecular weight excluding hydrogens is 208 g/mol. The molecule has 1 aromatic heterocycles. The summed E-state index contributed by atoms with van der Waals surface area (Å²) in [7, 11) is 2.19. The van der Waals surface area contributed by atoms with E-state index in [0.29, 0.717) is 0 Å². The SMILES string of the molecule is CC(N)Cc1cccc2c1cc(C1CC1)n2C. The van der Waals surface area contributed by atoms with Gasteiger partial charge in [-0.2, -0.15) is 0 Å². The Hall–Kier alpha value is -1.28. The summed E-state index contributed by atoms with van der Waals surface area (Å²) in [5.74, 6) is 0.801. The van der Waals surface area contributed by atoms with Crippen LogP contribution >= 0.6 is 0 Å². The van der Waals surface area contributed by atoms with E-state index in [1.807, 2.05) is 0 Å². The van der Waals surface area contributed by atoms with E-state index in [4.69, 9.17) is 5.73 Å². The Balaban J connectivity index is 2.14. The van der Waals surface area contributed by atoms with Crippen LogP contribution in [0.2, 0.25) is 0 Å². The fraction of sp³-hybridized carbons (Fsp3) is 0.467. The van der Waals surface area contributed by atoms with Crippen LogP contribution < -0.4 is 5.73 Å². The minimum atomic E-state index is 0.227. The molecule has 0 amide bonds. The van der Waals surface area contributed by atoms with Crippen molar-refractivity contribution in [3.8, 4) is 0 Å². The highest BCUT2D eigenvalue weighted by Crippen LogP contribution is 2.42. The van der Waals surface area contributed by atoms with Gasteiger partial charge in [-0.05, 0) is 49.8 Å². The molecule has 0 aliphatic heterocycles. The van der Waals surface area contributed by atoms with Gasteiger partial charge in [0.15, 0.2) is 0 Å². The molecule has 2 N–H and O–H groups in total. The molecule has 1 aliphatic carbocycles. The Morgan fingerprint density at radius 2 is 2.18 bits per heavy atom. The van der Waals surface area contributed by atoms with Crippen LogP contribution in [0.3, 0.4) is 0 Å². The summed E-state index contributed by atoms with van der Waals surface area (Å²) in [4.78, 5) is 0. The Morgan fingerprint density at radius 3 is 2.82 bits per heavy atom. The topological polar surface area (TPSA) is 30.9 Å². The first kappa shape index (κ1) is 10.8. The average Bonchev–Trinajstić information content (AvgIpc) is 3.05. The number of hydrogen-bond acceptors (Lipinski definition) is 1. The molecule has 2 aromatic rings. The van der Waals surface area contributed by atoms with Crippen LogP contribution in [0.1, 0.15) is 36.9 Å². The minimum Gasteiger partial charge on any atom is -0.347 e. The third-order valence-corrected chi connectivity index (χ3v) is 3.75. The monoisotopic (exact) mass is 228 g/mol. The summed E-state index contributed by atoms with van der Waals surface area (Å²) >= 11 is 0. The number of nitrogens with two attached hydrogens (primary N) is 1. The highest BCUT2D eigenvalue weighted by molar-refractivity contribution is 5.85. The minimum absolute atomic E-state index is 0.227. The molecule has 3 rings (SSSR count). The number of fused-ring (bicyclic) bond motifs is 1. The maximum absolute atomic E-state index is 5.93. The van der Waals surface area contributed by atoms with Gasteiger partial charge >= 0.3 is 0 Å². The molecule has 0 radical (unpaired) electrons. The number of nitrogens with zero attached hydrogens (tertiary/aromatic N) is 1. The molecule has 1 saturated carbocycles. The summed E-state index contributed by atoms with van der Waals surface area (Å²) in [5, 5.41) is 1.40. The number of rotatable bonds is 3. The van der Waals surface area contributed by atoms with E-state index in [9.17, 15) is 0 Å². The summed E-state index contributed by atoms with van der Waals surface area (Å²) in [6.45, 7) is 2.07. The van der Waals surface area contributed by atoms with E-state index in [-0.39, 0.29) is 6.04 Å². The van der Waals surface area contributed by atoms with Crippen molar-refractivity contribution in [2.24, 2.45) is 12.8 Å². The van der Waals surface area contributed by atoms with Crippen LogP contribution in [0.15, 0.2) is 24.3 Å². The van der Waals surface area contributed by atoms with E-state index in [2.05, 4.69) is 42.8 Å². The van der Waals surface area contributed by atoms with E-state index in [0.717, 1.165) is 12.3 Å². The molecule has 1 atom stereocenters. The van der Waals surface area contributed by atoms with E-state index >= 15 is 0 Å². The maximum atomic E-state index is 5.93. The first-order valence-electron chi connectivity index (χ1n) is 6.49. The van der Waals surface area contributed by atoms with E-state index in [1.165, 1.54) is 35.0 Å². The predicted molar refractivity (Wildman–Crippen MR) is 72.2 cm³/mol. The summed E-state index contributed by atoms with van der Waals surface area (Å²) in [6.07, 6.45) is 3.67. The number of benzene rings is 1. The van der Waals surface area contributed by atoms with Crippen molar-refractivity contribution in [2.45, 2.75) is 38.1 Å². The van der Waals surface area contributed by atoms with Crippen molar-refractivity contribution < 1.29 is 0 Å². The van der Waals surface area contributed by atoms with Crippen LogP contribution in [0, 0.1) is 0 Å². The molecule has 0 spiro atoms. The molecule has 1 fully saturated rings. The van der Waals surface area contributed by atoms with Gasteiger partial charge in [-0.25, -0.2) is 0 Å². The highest BCUT2D eigenvalue weighted by atomic mass is 15.0. The van der Waals surface area contributed by atoms with Crippen molar-refractivity contribution in [3.05, 3.63) is 35.5 Å². The smallest absolute Gasteiger partial charge is 0.0482 e. The number of hydrogen-bond donors (Lipinski definition) is 1. The fourth-order valence-electron chi connectivity index (χ4n) is 2.74. The van der Waals surface area contributed by atoms with Crippen LogP contribution in [0.4, 0.5) is 0 Å². The van der Waals surface area contributed by atoms with Gasteiger partial charge < -0.3 is 10.3 Å². The fourth-order valence-corrected chi connectivity index (χ4v) is 2.74. The Kier molecular flexibility index (Phi) is 2.48. The zero-order valence-electron chi connectivity index (χ0n) is 10.6. The second kappa shape index (κ2) is 3.88. The molecule has 90 valence electrons. The normalized spacial score (nSPS) is 17.6. The Morgan fingerprint density at radius 1 is 1.41 bits per heavy atom. The maximum Gasteiger partial charge on any atom is 0.0482 e. The molecule has 1 aromatic carbocycles. The van der Waals surface area contributed by atoms with Gasteiger partial charge in [0.25, 0.3) is 0 Å². The predicted octanol–water partition coefficient (Wildman–Crippen LogP) is 2.95. The molecule has 0 saturated heterocycles. The second-order valence-electron chi connectivity index (χ2n) is 5.43. The van der Waals surface area contributed by atoms with Crippen molar-refractivity contribution in [1.29, 1.82) is 0 Å². The van der Waals surface area contributed by atoms with Gasteiger partial charge in [-0.1, -0.05) is 12.1 Å². The lowest BCUT2D eigenvalue weighted by molar-refractivity contribution is 0.741. The summed E-state index contributed by atoms with van der Waals surface area (Å²) in [5.41, 5.74) is 10.2. The third kappa shape index (κ3) is 1.87. The lowest BCUT2D eigenvalue weighted by Gasteiger charge is -2.07. The highest BCUT2D eigenvalue weighted by Gasteiger charge is 2.27. The average molecular weight is 228 g/mol. The van der Waals surface area contributed by atoms with Crippen molar-refractivity contribution >= 4 is 10.9 Å². The standard InChI is InChI=1S/C15H20N2/c1-10(16)8-12-4-3-5-14-13(12)9-15(17(14)2)11-6-7-11/h3-5,9-11H,6-8,16H2,1-2H3. The quantitative estimate of drug-likeness (QED) is 0.860. The Labute approximate surface area is 102 Å². The van der Waals surface area contributed by atoms with Crippen LogP contribution in [0.25, 0.3) is 10.9 Å². The molecule has 1 unspecified atom stereocenters. The van der Waals surface area contributed by atoms with Crippen molar-refractivity contribution in [3.63, 3.8) is 0 Å². The van der Waals surface area contributed by atoms with Gasteiger partial charge in [0, 0.05) is 29.7 Å². The van der Waals surface area contributed by atoms with Gasteiger partial charge in [-0.3, -0.25) is 0 Å². The first-order chi connectivity index (χ1) is 8.16. The van der Waals surface area contributed by atoms with Crippen molar-refractivity contribution in [1.82, 2.24) is 4.57 Å². The largest absolute Gasteiger partial charge is 0.347 e. The van der Waals surface area contributed by atoms with E-state index in [1.54, 1.807) is 0 Å². The molecule has 1 aliphatic rings. The lowest BCUT2D eigenvalue weighted by atomic mass is 10.0. The van der Waals surface area contributed by atoms with Crippen molar-refractivity contribution in [2.75, 3.05) is 0 Å². The number of aryl methyl sites for hydroxylation is 1. The van der Waals surface area contributed by atoms with Gasteiger partial charge in [0.05, 0.1) is 0 Å². The molecular formula is C15H20N2. The summed E-state index contributed by atoms with van der Waals surface area (Å²) in [6, 6.07) is 9.18. The van der Waals surface area contributed by atoms with Gasteiger partial charge in [-0.15, -0.1) is 0 Å². The van der Waals surface area contributed by atoms with Gasteiger partial charge in [0.2, 0.25) is 0 Å². The summed E-state index contributed by atoms with van der Waals surface area (Å²) < 4.78 is 2.36. The molecule has 1 heterocycles. The first-order valence-corrected chi connectivity index (χ1v) is 6.49. The second-order valence-corrected chi connectivity index (χ2v) is 5.43. The molecule has 17 heavy (non-hydrogen) atoms. The zero-order valence-corrected chi connectivity index (χ0v) is 10.6. The molecule has 2 heteroatoms. The van der Waals surface area contributed by atoms with Crippen LogP contribution in [-0.4, -0.2) is 10.6 Å². The van der Waals surface area contributed by atoms with Gasteiger partial charge in [0.1, 0.15) is 0 Å². The van der Waals surface area contributed by atoms with Crippen LogP contribution in [-0.2, 0) is 13.5 Å². The number of aromatic nitrogens is 1. The Bertz CT molecular complexity index is 547. The van der Waals surface area contributed by atoms with E-state index < -0.39 is 0 Å². The van der Waals surface area contributed by atoms with Crippen LogP contribution in [0.5, 0.6) is 0 Å². The third-order valence-electron chi connectivity index (χ3n) is 3.75. The molecule has 0 bridgehead atoms.